The van der Waals surface area contributed by atoms with Gasteiger partial charge in [-0.2, -0.15) is 0 Å². The minimum atomic E-state index is -0.192. The maximum atomic E-state index is 11.6. The molecule has 1 N–H and O–H groups in total. The predicted octanol–water partition coefficient (Wildman–Crippen LogP) is 14.8. The average molecular weight is 805 g/mol. The quantitative estimate of drug-likeness (QED) is 0.149. The van der Waals surface area contributed by atoms with Gasteiger partial charge in [0, 0.05) is 47.0 Å². The van der Waals surface area contributed by atoms with Crippen molar-refractivity contribution < 1.29 is 5.11 Å². The molecular formula is C57H48N4O. The minimum absolute atomic E-state index is 0.179. The van der Waals surface area contributed by atoms with E-state index < -0.39 is 0 Å². The Morgan fingerprint density at radius 1 is 0.484 bits per heavy atom. The van der Waals surface area contributed by atoms with E-state index in [-0.39, 0.29) is 17.1 Å². The van der Waals surface area contributed by atoms with Crippen molar-refractivity contribution in [3.63, 3.8) is 0 Å². The Labute approximate surface area is 364 Å². The lowest BCUT2D eigenvalue weighted by Crippen LogP contribution is -2.16. The summed E-state index contributed by atoms with van der Waals surface area (Å²) in [5.41, 5.74) is 14.7. The van der Waals surface area contributed by atoms with Crippen molar-refractivity contribution in [1.82, 2.24) is 15.0 Å². The molecule has 0 spiro atoms. The van der Waals surface area contributed by atoms with E-state index in [4.69, 9.17) is 9.97 Å². The van der Waals surface area contributed by atoms with Gasteiger partial charge in [0.25, 0.3) is 0 Å². The fourth-order valence-corrected chi connectivity index (χ4v) is 7.99. The Bertz CT molecular complexity index is 2950. The standard InChI is InChI=1S/C57H48N4O/c1-39(46-19-14-29-58-38-46)40-22-24-43(25-23-40)45-28-30-59-56(36-45)61(50-20-12-7-13-21-50)51-32-48(31-49(37-51)57(2,3)4)53-33-47(42-17-10-6-11-18-42)34-54(60-53)52-27-26-44(35-55(52)62)41-15-8-5-9-16-41/h5-39,62H,1-4H3. The zero-order valence-corrected chi connectivity index (χ0v) is 35.4. The SMILES string of the molecule is CC(c1ccc(-c2ccnc(N(c3ccccc3)c3cc(-c4cc(-c5ccccc5)cc(-c5ccc(-c6ccccc6)cc5O)n4)cc(C(C)(C)C)c3)c2)cc1)c1cccnc1. The number of pyridine rings is 3. The first-order valence-corrected chi connectivity index (χ1v) is 21.1. The molecule has 3 heterocycles. The summed E-state index contributed by atoms with van der Waals surface area (Å²) in [7, 11) is 0. The smallest absolute Gasteiger partial charge is 0.138 e. The lowest BCUT2D eigenvalue weighted by Gasteiger charge is -2.28. The summed E-state index contributed by atoms with van der Waals surface area (Å²) in [6.07, 6.45) is 5.65. The Morgan fingerprint density at radius 2 is 1.11 bits per heavy atom. The largest absolute Gasteiger partial charge is 0.507 e. The van der Waals surface area contributed by atoms with Gasteiger partial charge in [0.05, 0.1) is 11.4 Å². The molecule has 62 heavy (non-hydrogen) atoms. The summed E-state index contributed by atoms with van der Waals surface area (Å²) >= 11 is 0. The van der Waals surface area contributed by atoms with Gasteiger partial charge in [-0.05, 0) is 128 Å². The lowest BCUT2D eigenvalue weighted by molar-refractivity contribution is 0.477. The number of benzene rings is 6. The van der Waals surface area contributed by atoms with Crippen molar-refractivity contribution in [2.75, 3.05) is 4.90 Å². The number of para-hydroxylation sites is 1. The third kappa shape index (κ3) is 8.52. The highest BCUT2D eigenvalue weighted by Crippen LogP contribution is 2.42. The van der Waals surface area contributed by atoms with Gasteiger partial charge in [0.1, 0.15) is 11.6 Å². The molecule has 0 aliphatic heterocycles. The zero-order valence-electron chi connectivity index (χ0n) is 35.4. The number of hydrogen-bond acceptors (Lipinski definition) is 5. The van der Waals surface area contributed by atoms with Crippen molar-refractivity contribution in [3.05, 3.63) is 223 Å². The average Bonchev–Trinajstić information content (AvgIpc) is 3.32. The molecule has 302 valence electrons. The number of anilines is 3. The molecule has 0 saturated heterocycles. The number of rotatable bonds is 10. The topological polar surface area (TPSA) is 62.1 Å². The molecule has 0 aliphatic carbocycles. The third-order valence-electron chi connectivity index (χ3n) is 11.6. The number of phenols is 1. The van der Waals surface area contributed by atoms with Crippen LogP contribution in [0.3, 0.4) is 0 Å². The molecule has 0 radical (unpaired) electrons. The number of nitrogens with zero attached hydrogens (tertiary/aromatic N) is 4. The molecule has 0 aliphatic rings. The van der Waals surface area contributed by atoms with E-state index in [1.54, 1.807) is 0 Å². The molecule has 3 aromatic heterocycles. The minimum Gasteiger partial charge on any atom is -0.507 e. The van der Waals surface area contributed by atoms with Crippen LogP contribution in [-0.2, 0) is 5.41 Å². The summed E-state index contributed by atoms with van der Waals surface area (Å²) in [5.74, 6) is 1.21. The summed E-state index contributed by atoms with van der Waals surface area (Å²) in [4.78, 5) is 16.9. The summed E-state index contributed by atoms with van der Waals surface area (Å²) < 4.78 is 0. The van der Waals surface area contributed by atoms with Gasteiger partial charge in [-0.3, -0.25) is 9.88 Å². The van der Waals surface area contributed by atoms with Crippen LogP contribution in [0.15, 0.2) is 207 Å². The highest BCUT2D eigenvalue weighted by molar-refractivity contribution is 5.84. The molecule has 9 aromatic rings. The third-order valence-corrected chi connectivity index (χ3v) is 11.6. The van der Waals surface area contributed by atoms with Crippen molar-refractivity contribution in [1.29, 1.82) is 0 Å². The van der Waals surface area contributed by atoms with Crippen LogP contribution >= 0.6 is 0 Å². The molecule has 9 rings (SSSR count). The normalized spacial score (nSPS) is 11.9. The second-order valence-electron chi connectivity index (χ2n) is 16.8. The van der Waals surface area contributed by atoms with Crippen LogP contribution in [-0.4, -0.2) is 20.1 Å². The summed E-state index contributed by atoms with van der Waals surface area (Å²) in [6.45, 7) is 8.94. The van der Waals surface area contributed by atoms with Crippen LogP contribution in [0.2, 0.25) is 0 Å². The molecule has 1 unspecified atom stereocenters. The Hall–Kier alpha value is -7.63. The monoisotopic (exact) mass is 804 g/mol. The van der Waals surface area contributed by atoms with Crippen molar-refractivity contribution in [2.45, 2.75) is 39.0 Å². The highest BCUT2D eigenvalue weighted by Gasteiger charge is 2.23. The summed E-state index contributed by atoms with van der Waals surface area (Å²) in [6, 6.07) is 64.9. The molecule has 0 bridgehead atoms. The van der Waals surface area contributed by atoms with Gasteiger partial charge in [0.2, 0.25) is 0 Å². The number of hydrogen-bond donors (Lipinski definition) is 1. The zero-order chi connectivity index (χ0) is 42.6. The maximum Gasteiger partial charge on any atom is 0.138 e. The first-order chi connectivity index (χ1) is 30.2. The van der Waals surface area contributed by atoms with Crippen molar-refractivity contribution >= 4 is 17.2 Å². The first kappa shape index (κ1) is 39.8. The highest BCUT2D eigenvalue weighted by atomic mass is 16.3. The fourth-order valence-electron chi connectivity index (χ4n) is 7.99. The van der Waals surface area contributed by atoms with Crippen LogP contribution in [0, 0.1) is 0 Å². The molecule has 6 aromatic carbocycles. The molecule has 1 atom stereocenters. The lowest BCUT2D eigenvalue weighted by atomic mass is 9.85. The molecular weight excluding hydrogens is 757 g/mol. The van der Waals surface area contributed by atoms with Crippen LogP contribution < -0.4 is 4.90 Å². The van der Waals surface area contributed by atoms with Gasteiger partial charge in [-0.15, -0.1) is 0 Å². The Morgan fingerprint density at radius 3 is 1.77 bits per heavy atom. The van der Waals surface area contributed by atoms with E-state index in [2.05, 4.69) is 165 Å². The fraction of sp³-hybridized carbons (Fsp3) is 0.105. The molecule has 5 heteroatoms. The van der Waals surface area contributed by atoms with Crippen LogP contribution in [0.5, 0.6) is 5.75 Å². The van der Waals surface area contributed by atoms with E-state index in [1.165, 1.54) is 11.1 Å². The van der Waals surface area contributed by atoms with Crippen molar-refractivity contribution in [3.8, 4) is 61.6 Å². The second-order valence-corrected chi connectivity index (χ2v) is 16.8. The van der Waals surface area contributed by atoms with Gasteiger partial charge >= 0.3 is 0 Å². The van der Waals surface area contributed by atoms with E-state index in [0.29, 0.717) is 11.3 Å². The molecule has 0 amide bonds. The predicted molar refractivity (Wildman–Crippen MR) is 256 cm³/mol. The van der Waals surface area contributed by atoms with Crippen LogP contribution in [0.25, 0.3) is 55.9 Å². The van der Waals surface area contributed by atoms with Gasteiger partial charge in [-0.25, -0.2) is 9.97 Å². The van der Waals surface area contributed by atoms with E-state index in [0.717, 1.165) is 67.4 Å². The number of aromatic hydroxyl groups is 1. The maximum absolute atomic E-state index is 11.6. The number of aromatic nitrogens is 3. The van der Waals surface area contributed by atoms with Gasteiger partial charge in [-0.1, -0.05) is 143 Å². The molecule has 0 fully saturated rings. The van der Waals surface area contributed by atoms with E-state index in [1.807, 2.05) is 79.3 Å². The number of phenolic OH excluding ortho intramolecular Hbond substituents is 1. The van der Waals surface area contributed by atoms with E-state index >= 15 is 0 Å². The van der Waals surface area contributed by atoms with Gasteiger partial charge < -0.3 is 5.11 Å². The second kappa shape index (κ2) is 17.2. The van der Waals surface area contributed by atoms with Gasteiger partial charge in [0.15, 0.2) is 0 Å². The van der Waals surface area contributed by atoms with Crippen LogP contribution in [0.1, 0.15) is 50.3 Å². The van der Waals surface area contributed by atoms with Crippen LogP contribution in [0.4, 0.5) is 17.2 Å². The first-order valence-electron chi connectivity index (χ1n) is 21.1. The van der Waals surface area contributed by atoms with Crippen molar-refractivity contribution in [2.24, 2.45) is 0 Å². The molecule has 5 nitrogen and oxygen atoms in total. The molecule has 0 saturated carbocycles. The Balaban J connectivity index is 1.17. The summed E-state index contributed by atoms with van der Waals surface area (Å²) in [5, 5.41) is 11.6. The Kier molecular flexibility index (Phi) is 11.0. The van der Waals surface area contributed by atoms with E-state index in [9.17, 15) is 5.11 Å².